The van der Waals surface area contributed by atoms with Gasteiger partial charge in [-0.2, -0.15) is 0 Å². The van der Waals surface area contributed by atoms with Crippen LogP contribution in [0.25, 0.3) is 0 Å². The molecule has 0 spiro atoms. The van der Waals surface area contributed by atoms with E-state index in [4.69, 9.17) is 0 Å². The van der Waals surface area contributed by atoms with E-state index in [0.29, 0.717) is 0 Å². The summed E-state index contributed by atoms with van der Waals surface area (Å²) in [5.41, 5.74) is 7.78. The van der Waals surface area contributed by atoms with Crippen molar-refractivity contribution in [2.75, 3.05) is 0 Å². The standard InChI is InChI=1S/2C13H21.2ClH.Zr/c2*1-12(2,3)10-7-8-11(9-10)13(4,5)6;;;/h2*7H,8H2,1-6H3;2*1H;/q;;;;+2/p-2. The van der Waals surface area contributed by atoms with E-state index in [2.05, 4.69) is 95.2 Å². The third-order valence-corrected chi connectivity index (χ3v) is 9.88. The Morgan fingerprint density at radius 3 is 1.00 bits per heavy atom. The van der Waals surface area contributed by atoms with Crippen molar-refractivity contribution in [1.29, 1.82) is 0 Å². The van der Waals surface area contributed by atoms with Crippen LogP contribution in [-0.4, -0.2) is 0 Å². The smallest absolute Gasteiger partial charge is 1.00 e. The van der Waals surface area contributed by atoms with Gasteiger partial charge in [-0.3, -0.25) is 0 Å². The zero-order chi connectivity index (χ0) is 21.0. The number of hydrogen-bond donors (Lipinski definition) is 0. The van der Waals surface area contributed by atoms with Crippen LogP contribution in [0.2, 0.25) is 0 Å². The van der Waals surface area contributed by atoms with Crippen LogP contribution in [0.15, 0.2) is 41.0 Å². The van der Waals surface area contributed by atoms with Crippen LogP contribution < -0.4 is 24.8 Å². The van der Waals surface area contributed by atoms with Gasteiger partial charge >= 0.3 is 182 Å². The second kappa shape index (κ2) is 9.50. The molecule has 0 atom stereocenters. The van der Waals surface area contributed by atoms with Crippen molar-refractivity contribution in [2.45, 2.75) is 95.9 Å². The zero-order valence-corrected chi connectivity index (χ0v) is 24.8. The van der Waals surface area contributed by atoms with Crippen LogP contribution in [-0.2, 0) is 23.2 Å². The van der Waals surface area contributed by atoms with E-state index >= 15 is 0 Å². The van der Waals surface area contributed by atoms with Gasteiger partial charge in [-0.15, -0.1) is 0 Å². The average Bonchev–Trinajstić information content (AvgIpc) is 2.99. The van der Waals surface area contributed by atoms with E-state index in [-0.39, 0.29) is 46.5 Å². The Labute approximate surface area is 205 Å². The fourth-order valence-corrected chi connectivity index (χ4v) is 11.0. The molecule has 164 valence electrons. The van der Waals surface area contributed by atoms with Gasteiger partial charge in [0, 0.05) is 0 Å². The second-order valence-corrected chi connectivity index (χ2v) is 15.5. The van der Waals surface area contributed by atoms with Gasteiger partial charge in [0.25, 0.3) is 0 Å². The molecule has 0 amide bonds. The molecule has 0 fully saturated rings. The van der Waals surface area contributed by atoms with Crippen molar-refractivity contribution >= 4 is 0 Å². The van der Waals surface area contributed by atoms with Gasteiger partial charge in [0.1, 0.15) is 0 Å². The fourth-order valence-electron chi connectivity index (χ4n) is 4.28. The Hall–Kier alpha value is 0.423. The van der Waals surface area contributed by atoms with E-state index < -0.39 is 23.2 Å². The van der Waals surface area contributed by atoms with Crippen LogP contribution in [0.5, 0.6) is 0 Å². The van der Waals surface area contributed by atoms with Crippen molar-refractivity contribution in [3.8, 4) is 0 Å². The summed E-state index contributed by atoms with van der Waals surface area (Å²) in [5, 5.41) is 0. The predicted molar refractivity (Wildman–Crippen MR) is 117 cm³/mol. The van der Waals surface area contributed by atoms with Gasteiger partial charge in [-0.25, -0.2) is 0 Å². The summed E-state index contributed by atoms with van der Waals surface area (Å²) < 4.78 is 3.60. The molecule has 0 aromatic rings. The Kier molecular flexibility index (Phi) is 9.64. The summed E-state index contributed by atoms with van der Waals surface area (Å²) in [7, 11) is 0. The van der Waals surface area contributed by atoms with Gasteiger partial charge in [0.15, 0.2) is 0 Å². The number of halogens is 2. The molecule has 2 aliphatic carbocycles. The van der Waals surface area contributed by atoms with E-state index in [1.165, 1.54) is 12.8 Å². The Bertz CT molecular complexity index is 670. The van der Waals surface area contributed by atoms with Crippen molar-refractivity contribution in [1.82, 2.24) is 0 Å². The molecule has 3 heteroatoms. The first kappa shape index (κ1) is 29.4. The van der Waals surface area contributed by atoms with Crippen LogP contribution in [0.1, 0.15) is 95.9 Å². The minimum Gasteiger partial charge on any atom is -1.00 e. The van der Waals surface area contributed by atoms with Crippen LogP contribution in [0.3, 0.4) is 0 Å². The Balaban J connectivity index is 0.00000392. The first-order valence-electron chi connectivity index (χ1n) is 10.6. The molecular weight excluding hydrogens is 474 g/mol. The second-order valence-electron chi connectivity index (χ2n) is 12.5. The van der Waals surface area contributed by atoms with E-state index in [1.54, 1.807) is 28.9 Å². The first-order chi connectivity index (χ1) is 11.9. The zero-order valence-electron chi connectivity index (χ0n) is 20.8. The molecule has 0 aliphatic heterocycles. The van der Waals surface area contributed by atoms with E-state index in [1.807, 2.05) is 0 Å². The molecule has 0 aromatic carbocycles. The summed E-state index contributed by atoms with van der Waals surface area (Å²) in [6, 6.07) is 0. The molecule has 29 heavy (non-hydrogen) atoms. The summed E-state index contributed by atoms with van der Waals surface area (Å²) in [5.74, 6) is 0. The van der Waals surface area contributed by atoms with Crippen LogP contribution in [0.4, 0.5) is 0 Å². The van der Waals surface area contributed by atoms with Gasteiger partial charge in [-0.1, -0.05) is 0 Å². The number of hydrogen-bond acceptors (Lipinski definition) is 0. The van der Waals surface area contributed by atoms with Gasteiger partial charge in [0.05, 0.1) is 0 Å². The molecular formula is C26H42Cl2Zr. The third kappa shape index (κ3) is 6.70. The first-order valence-corrected chi connectivity index (χ1v) is 13.1. The monoisotopic (exact) mass is 514 g/mol. The minimum atomic E-state index is -0.886. The molecule has 0 saturated heterocycles. The van der Waals surface area contributed by atoms with Crippen molar-refractivity contribution in [3.05, 3.63) is 41.0 Å². The molecule has 0 saturated carbocycles. The summed E-state index contributed by atoms with van der Waals surface area (Å²) in [6.07, 6.45) is 7.45. The fraction of sp³-hybridized carbons (Fsp3) is 0.692. The summed E-state index contributed by atoms with van der Waals surface area (Å²) in [6.45, 7) is 28.9. The predicted octanol–water partition coefficient (Wildman–Crippen LogP) is 2.43. The van der Waals surface area contributed by atoms with E-state index in [0.717, 1.165) is 0 Å². The van der Waals surface area contributed by atoms with Gasteiger partial charge in [-0.05, 0) is 0 Å². The minimum absolute atomic E-state index is 0. The molecule has 0 N–H and O–H groups in total. The molecule has 0 nitrogen and oxygen atoms in total. The maximum atomic E-state index is 2.56. The van der Waals surface area contributed by atoms with E-state index in [9.17, 15) is 0 Å². The van der Waals surface area contributed by atoms with Gasteiger partial charge < -0.3 is 24.8 Å². The van der Waals surface area contributed by atoms with Crippen molar-refractivity contribution in [3.63, 3.8) is 0 Å². The van der Waals surface area contributed by atoms with Gasteiger partial charge in [0.2, 0.25) is 0 Å². The normalized spacial score (nSPS) is 18.2. The molecule has 0 heterocycles. The Morgan fingerprint density at radius 1 is 0.517 bits per heavy atom. The quantitative estimate of drug-likeness (QED) is 0.529. The topological polar surface area (TPSA) is 0 Å². The van der Waals surface area contributed by atoms with Crippen LogP contribution >= 0.6 is 0 Å². The van der Waals surface area contributed by atoms with Crippen molar-refractivity contribution in [2.24, 2.45) is 21.7 Å². The largest absolute Gasteiger partial charge is 1.00 e. The van der Waals surface area contributed by atoms with Crippen molar-refractivity contribution < 1.29 is 48.0 Å². The molecule has 2 aliphatic rings. The number of rotatable bonds is 2. The summed E-state index contributed by atoms with van der Waals surface area (Å²) >= 11 is -0.886. The molecule has 0 radical (unpaired) electrons. The number of allylic oxidation sites excluding steroid dienone is 8. The Morgan fingerprint density at radius 2 is 0.793 bits per heavy atom. The SMILES string of the molecule is CC(C)(C)C1=CCC(C(C)(C)C)=[C]1[Zr+2][C]1=C(C(C)(C)C)CC=C1C(C)(C)C.[Cl-].[Cl-]. The van der Waals surface area contributed by atoms with Crippen LogP contribution in [0, 0.1) is 21.7 Å². The average molecular weight is 517 g/mol. The maximum Gasteiger partial charge on any atom is -1.00 e. The maximum absolute atomic E-state index is 2.56. The third-order valence-electron chi connectivity index (χ3n) is 5.84. The molecule has 0 unspecified atom stereocenters. The molecule has 2 rings (SSSR count). The molecule has 0 aromatic heterocycles. The summed E-state index contributed by atoms with van der Waals surface area (Å²) in [4.78, 5) is 0. The molecule has 0 bridgehead atoms.